The van der Waals surface area contributed by atoms with Crippen LogP contribution in [0.5, 0.6) is 0 Å². The first-order valence-corrected chi connectivity index (χ1v) is 14.6. The molecule has 0 fully saturated rings. The molecule has 0 bridgehead atoms. The van der Waals surface area contributed by atoms with Gasteiger partial charge in [0.05, 0.1) is 10.3 Å². The van der Waals surface area contributed by atoms with Crippen molar-refractivity contribution in [3.05, 3.63) is 167 Å². The number of nitrogens with zero attached hydrogens (tertiary/aromatic N) is 1. The second kappa shape index (κ2) is 12.1. The first-order chi connectivity index (χ1) is 19.5. The maximum absolute atomic E-state index is 15.7. The highest BCUT2D eigenvalue weighted by molar-refractivity contribution is 7.87. The minimum absolute atomic E-state index is 0.0499. The molecule has 0 unspecified atom stereocenters. The number of Topliss-reactive ketones (excluding diaryl/α,β-unsaturated/α-hetero) is 1. The van der Waals surface area contributed by atoms with E-state index in [-0.39, 0.29) is 16.7 Å². The van der Waals surface area contributed by atoms with Gasteiger partial charge in [0.2, 0.25) is 5.78 Å². The normalized spacial score (nSPS) is 11.8. The van der Waals surface area contributed by atoms with Crippen molar-refractivity contribution < 1.29 is 14.2 Å². The van der Waals surface area contributed by atoms with Crippen molar-refractivity contribution in [1.82, 2.24) is 10.3 Å². The Hall–Kier alpha value is -4.57. The van der Waals surface area contributed by atoms with Crippen molar-refractivity contribution in [2.75, 3.05) is 0 Å². The second-order valence-corrected chi connectivity index (χ2v) is 12.0. The number of amides is 1. The predicted octanol–water partition coefficient (Wildman–Crippen LogP) is 6.73. The fourth-order valence-electron chi connectivity index (χ4n) is 4.40. The van der Waals surface area contributed by atoms with Crippen LogP contribution in [0, 0.1) is 0 Å². The molecule has 196 valence electrons. The van der Waals surface area contributed by atoms with Gasteiger partial charge in [0.15, 0.2) is 7.14 Å². The van der Waals surface area contributed by atoms with Gasteiger partial charge >= 0.3 is 0 Å². The van der Waals surface area contributed by atoms with Crippen molar-refractivity contribution in [1.29, 1.82) is 0 Å². The van der Waals surface area contributed by atoms with Gasteiger partial charge in [-0.2, -0.15) is 0 Å². The molecule has 1 amide bonds. The Morgan fingerprint density at radius 3 is 1.57 bits per heavy atom. The van der Waals surface area contributed by atoms with E-state index in [1.54, 1.807) is 109 Å². The lowest BCUT2D eigenvalue weighted by atomic mass is 10.1. The third-order valence-electron chi connectivity index (χ3n) is 6.30. The zero-order valence-electron chi connectivity index (χ0n) is 21.3. The Morgan fingerprint density at radius 2 is 1.10 bits per heavy atom. The molecule has 0 saturated heterocycles. The average Bonchev–Trinajstić information content (AvgIpc) is 3.02. The summed E-state index contributed by atoms with van der Waals surface area (Å²) in [6.45, 7) is 0. The summed E-state index contributed by atoms with van der Waals surface area (Å²) in [5.74, 6) is -1.11. The number of carbonyl (C=O) groups is 2. The summed E-state index contributed by atoms with van der Waals surface area (Å²) in [5, 5.41) is 4.43. The highest BCUT2D eigenvalue weighted by Gasteiger charge is 2.38. The maximum atomic E-state index is 15.7. The standard InChI is InChI=1S/C33H24ClN2O3P/c34-26-21-22-29(35-23-26)31(37)30(36-33(38)25-15-7-2-8-16-25)32(24-13-5-1-6-14-24)40(39,27-17-9-3-10-18-27)28-19-11-4-12-20-28/h1-23H,(H,36,38)/b32-30+. The van der Waals surface area contributed by atoms with Gasteiger partial charge in [-0.25, -0.2) is 0 Å². The SMILES string of the molecule is O=C(N/C(C(=O)c1ccc(Cl)cn1)=C(\c1ccccc1)P(=O)(c1ccccc1)c1ccccc1)c1ccccc1. The molecule has 4 aromatic carbocycles. The number of nitrogens with one attached hydrogen (secondary N) is 1. The van der Waals surface area contributed by atoms with Crippen LogP contribution in [0.2, 0.25) is 5.02 Å². The Labute approximate surface area is 237 Å². The molecule has 7 heteroatoms. The van der Waals surface area contributed by atoms with Crippen LogP contribution in [0.4, 0.5) is 0 Å². The van der Waals surface area contributed by atoms with Crippen LogP contribution in [0.15, 0.2) is 145 Å². The van der Waals surface area contributed by atoms with Crippen molar-refractivity contribution in [2.45, 2.75) is 0 Å². The van der Waals surface area contributed by atoms with E-state index in [4.69, 9.17) is 11.6 Å². The number of rotatable bonds is 8. The summed E-state index contributed by atoms with van der Waals surface area (Å²) >= 11 is 6.05. The van der Waals surface area contributed by atoms with Crippen LogP contribution in [-0.2, 0) is 4.57 Å². The van der Waals surface area contributed by atoms with Crippen LogP contribution in [0.1, 0.15) is 26.4 Å². The first-order valence-electron chi connectivity index (χ1n) is 12.5. The molecule has 0 aliphatic heterocycles. The topological polar surface area (TPSA) is 76.1 Å². The second-order valence-electron chi connectivity index (χ2n) is 8.88. The number of ketones is 1. The summed E-state index contributed by atoms with van der Waals surface area (Å²) < 4.78 is 15.7. The number of benzene rings is 4. The Morgan fingerprint density at radius 1 is 0.625 bits per heavy atom. The molecule has 0 aliphatic rings. The van der Waals surface area contributed by atoms with Gasteiger partial charge in [0.1, 0.15) is 11.4 Å². The van der Waals surface area contributed by atoms with Crippen molar-refractivity contribution in [2.24, 2.45) is 0 Å². The van der Waals surface area contributed by atoms with E-state index in [9.17, 15) is 9.59 Å². The molecule has 40 heavy (non-hydrogen) atoms. The number of aromatic nitrogens is 1. The highest BCUT2D eigenvalue weighted by Crippen LogP contribution is 2.58. The lowest BCUT2D eigenvalue weighted by Gasteiger charge is -2.26. The Bertz CT molecular complexity index is 1660. The number of halogens is 1. The Balaban J connectivity index is 1.87. The molecule has 5 rings (SSSR count). The van der Waals surface area contributed by atoms with Gasteiger partial charge < -0.3 is 9.88 Å². The van der Waals surface area contributed by atoms with E-state index in [2.05, 4.69) is 10.3 Å². The van der Waals surface area contributed by atoms with Crippen molar-refractivity contribution in [3.8, 4) is 0 Å². The third kappa shape index (κ3) is 5.57. The molecule has 5 aromatic rings. The summed E-state index contributed by atoms with van der Waals surface area (Å²) in [6.07, 6.45) is 1.36. The monoisotopic (exact) mass is 562 g/mol. The maximum Gasteiger partial charge on any atom is 0.255 e. The van der Waals surface area contributed by atoms with E-state index >= 15 is 4.57 Å². The minimum atomic E-state index is -3.75. The van der Waals surface area contributed by atoms with Crippen LogP contribution in [-0.4, -0.2) is 16.7 Å². The fraction of sp³-hybridized carbons (Fsp3) is 0. The molecular formula is C33H24ClN2O3P. The quantitative estimate of drug-likeness (QED) is 0.129. The van der Waals surface area contributed by atoms with E-state index < -0.39 is 18.8 Å². The van der Waals surface area contributed by atoms with Gasteiger partial charge in [-0.15, -0.1) is 0 Å². The number of allylic oxidation sites excluding steroid dienone is 1. The van der Waals surface area contributed by atoms with E-state index in [0.29, 0.717) is 26.8 Å². The summed E-state index contributed by atoms with van der Waals surface area (Å²) in [7, 11) is -3.75. The minimum Gasteiger partial charge on any atom is -0.318 e. The third-order valence-corrected chi connectivity index (χ3v) is 9.69. The van der Waals surface area contributed by atoms with Crippen LogP contribution in [0.3, 0.4) is 0 Å². The van der Waals surface area contributed by atoms with Gasteiger partial charge in [0, 0.05) is 22.4 Å². The van der Waals surface area contributed by atoms with Crippen LogP contribution < -0.4 is 15.9 Å². The first kappa shape index (κ1) is 27.0. The molecule has 1 N–H and O–H groups in total. The molecular weight excluding hydrogens is 539 g/mol. The van der Waals surface area contributed by atoms with E-state index in [1.807, 2.05) is 18.2 Å². The van der Waals surface area contributed by atoms with Gasteiger partial charge in [0.25, 0.3) is 5.91 Å². The van der Waals surface area contributed by atoms with E-state index in [1.165, 1.54) is 12.3 Å². The van der Waals surface area contributed by atoms with E-state index in [0.717, 1.165) is 0 Å². The highest BCUT2D eigenvalue weighted by atomic mass is 35.5. The van der Waals surface area contributed by atoms with Crippen LogP contribution in [0.25, 0.3) is 5.31 Å². The average molecular weight is 563 g/mol. The molecule has 1 heterocycles. The number of carbonyl (C=O) groups excluding carboxylic acids is 2. The molecule has 0 spiro atoms. The van der Waals surface area contributed by atoms with Gasteiger partial charge in [-0.1, -0.05) is 121 Å². The summed E-state index contributed by atoms with van der Waals surface area (Å²) in [6, 6.07) is 38.6. The molecule has 5 nitrogen and oxygen atoms in total. The van der Waals surface area contributed by atoms with Crippen molar-refractivity contribution in [3.63, 3.8) is 0 Å². The summed E-state index contributed by atoms with van der Waals surface area (Å²) in [4.78, 5) is 32.0. The number of hydrogen-bond acceptors (Lipinski definition) is 4. The zero-order valence-corrected chi connectivity index (χ0v) is 22.9. The van der Waals surface area contributed by atoms with Crippen LogP contribution >= 0.6 is 18.7 Å². The lowest BCUT2D eigenvalue weighted by molar-refractivity contribution is 0.0932. The van der Waals surface area contributed by atoms with Crippen molar-refractivity contribution >= 4 is 46.4 Å². The predicted molar refractivity (Wildman–Crippen MR) is 161 cm³/mol. The smallest absolute Gasteiger partial charge is 0.255 e. The zero-order chi connectivity index (χ0) is 28.0. The molecule has 0 radical (unpaired) electrons. The Kier molecular flexibility index (Phi) is 8.16. The molecule has 0 saturated carbocycles. The van der Waals surface area contributed by atoms with Gasteiger partial charge in [-0.05, 0) is 29.8 Å². The summed E-state index contributed by atoms with van der Waals surface area (Å²) in [5.41, 5.74) is 0.808. The number of hydrogen-bond donors (Lipinski definition) is 1. The number of pyridine rings is 1. The lowest BCUT2D eigenvalue weighted by Crippen LogP contribution is -2.31. The fourth-order valence-corrected chi connectivity index (χ4v) is 7.49. The van der Waals surface area contributed by atoms with Gasteiger partial charge in [-0.3, -0.25) is 14.6 Å². The molecule has 0 atom stereocenters. The molecule has 0 aliphatic carbocycles. The largest absolute Gasteiger partial charge is 0.318 e. The molecule has 1 aromatic heterocycles.